The van der Waals surface area contributed by atoms with Gasteiger partial charge in [-0.05, 0) is 39.5 Å². The number of nitrogens with zero attached hydrogens (tertiary/aromatic N) is 1. The van der Waals surface area contributed by atoms with Crippen molar-refractivity contribution in [2.45, 2.75) is 0 Å². The van der Waals surface area contributed by atoms with E-state index in [4.69, 9.17) is 0 Å². The molecule has 3 rings (SSSR count). The molecule has 0 amide bonds. The molecule has 2 nitrogen and oxygen atoms in total. The zero-order valence-corrected chi connectivity index (χ0v) is 13.5. The molecule has 0 unspecified atom stereocenters. The molecule has 0 aliphatic heterocycles. The molecule has 0 saturated heterocycles. The van der Waals surface area contributed by atoms with Gasteiger partial charge < -0.3 is 0 Å². The molecule has 0 aliphatic carbocycles. The molecule has 4 heteroatoms. The van der Waals surface area contributed by atoms with Gasteiger partial charge in [0, 0.05) is 37.9 Å². The van der Waals surface area contributed by atoms with Gasteiger partial charge in [0.15, 0.2) is 5.78 Å². The molecule has 2 aromatic carbocycles. The Morgan fingerprint density at radius 1 is 0.950 bits per heavy atom. The molecule has 0 N–H and O–H groups in total. The highest BCUT2D eigenvalue weighted by Gasteiger charge is 2.15. The van der Waals surface area contributed by atoms with Gasteiger partial charge in [0.05, 0.1) is 0 Å². The molecular formula is C16H9Br2NO. The second kappa shape index (κ2) is 5.46. The quantitative estimate of drug-likeness (QED) is 0.577. The highest BCUT2D eigenvalue weighted by molar-refractivity contribution is 9.11. The summed E-state index contributed by atoms with van der Waals surface area (Å²) in [6, 6.07) is 13.3. The second-order valence-electron chi connectivity index (χ2n) is 4.36. The molecule has 98 valence electrons. The minimum atomic E-state index is -0.0336. The van der Waals surface area contributed by atoms with Crippen LogP contribution in [0.4, 0.5) is 0 Å². The summed E-state index contributed by atoms with van der Waals surface area (Å²) in [6.07, 6.45) is 3.39. The van der Waals surface area contributed by atoms with Crippen molar-refractivity contribution in [3.63, 3.8) is 0 Å². The molecule has 20 heavy (non-hydrogen) atoms. The van der Waals surface area contributed by atoms with Crippen LogP contribution in [0, 0.1) is 0 Å². The van der Waals surface area contributed by atoms with Crippen LogP contribution in [-0.2, 0) is 0 Å². The highest BCUT2D eigenvalue weighted by atomic mass is 79.9. The number of ketones is 1. The van der Waals surface area contributed by atoms with Crippen molar-refractivity contribution in [1.82, 2.24) is 4.98 Å². The summed E-state index contributed by atoms with van der Waals surface area (Å²) < 4.78 is 1.70. The number of rotatable bonds is 2. The Hall–Kier alpha value is -1.52. The fourth-order valence-electron chi connectivity index (χ4n) is 2.12. The van der Waals surface area contributed by atoms with Crippen LogP contribution >= 0.6 is 31.9 Å². The fraction of sp³-hybridized carbons (Fsp3) is 0. The molecule has 0 bridgehead atoms. The van der Waals surface area contributed by atoms with E-state index >= 15 is 0 Å². The molecule has 0 saturated carbocycles. The Bertz CT molecular complexity index is 809. The van der Waals surface area contributed by atoms with Gasteiger partial charge >= 0.3 is 0 Å². The van der Waals surface area contributed by atoms with E-state index in [1.165, 1.54) is 0 Å². The Kier molecular flexibility index (Phi) is 3.68. The van der Waals surface area contributed by atoms with Crippen molar-refractivity contribution in [3.05, 3.63) is 74.9 Å². The van der Waals surface area contributed by atoms with Crippen LogP contribution in [0.3, 0.4) is 0 Å². The van der Waals surface area contributed by atoms with Crippen LogP contribution < -0.4 is 0 Å². The maximum absolute atomic E-state index is 12.7. The number of aromatic nitrogens is 1. The van der Waals surface area contributed by atoms with Crippen molar-refractivity contribution in [2.75, 3.05) is 0 Å². The first-order chi connectivity index (χ1) is 9.66. The summed E-state index contributed by atoms with van der Waals surface area (Å²) in [5.41, 5.74) is 1.25. The Morgan fingerprint density at radius 3 is 2.55 bits per heavy atom. The zero-order valence-electron chi connectivity index (χ0n) is 10.3. The van der Waals surface area contributed by atoms with Crippen LogP contribution in [0.15, 0.2) is 63.8 Å². The van der Waals surface area contributed by atoms with Gasteiger partial charge in [0.2, 0.25) is 0 Å². The predicted molar refractivity (Wildman–Crippen MR) is 87.0 cm³/mol. The highest BCUT2D eigenvalue weighted by Crippen LogP contribution is 2.26. The van der Waals surface area contributed by atoms with Gasteiger partial charge in [-0.25, -0.2) is 0 Å². The lowest BCUT2D eigenvalue weighted by Gasteiger charge is -2.07. The van der Waals surface area contributed by atoms with Gasteiger partial charge in [-0.3, -0.25) is 9.78 Å². The van der Waals surface area contributed by atoms with E-state index < -0.39 is 0 Å². The van der Waals surface area contributed by atoms with E-state index in [1.54, 1.807) is 18.5 Å². The zero-order chi connectivity index (χ0) is 14.1. The number of benzene rings is 2. The maximum Gasteiger partial charge on any atom is 0.196 e. The third kappa shape index (κ3) is 2.41. The van der Waals surface area contributed by atoms with Crippen molar-refractivity contribution in [3.8, 4) is 0 Å². The standard InChI is InChI=1S/C16H9Br2NO/c17-11-5-6-13(15(18)7-11)16(20)14-9-19-8-10-3-1-2-4-12(10)14/h1-9H. The smallest absolute Gasteiger partial charge is 0.196 e. The lowest BCUT2D eigenvalue weighted by Crippen LogP contribution is -2.04. The molecule has 1 aromatic heterocycles. The van der Waals surface area contributed by atoms with E-state index in [2.05, 4.69) is 36.8 Å². The van der Waals surface area contributed by atoms with Crippen molar-refractivity contribution < 1.29 is 4.79 Å². The second-order valence-corrected chi connectivity index (χ2v) is 6.13. The summed E-state index contributed by atoms with van der Waals surface area (Å²) in [7, 11) is 0. The normalized spacial score (nSPS) is 10.7. The summed E-state index contributed by atoms with van der Waals surface area (Å²) in [6.45, 7) is 0. The Morgan fingerprint density at radius 2 is 1.75 bits per heavy atom. The van der Waals surface area contributed by atoms with E-state index in [1.807, 2.05) is 36.4 Å². The topological polar surface area (TPSA) is 30.0 Å². The molecule has 0 radical (unpaired) electrons. The van der Waals surface area contributed by atoms with E-state index in [-0.39, 0.29) is 5.78 Å². The number of hydrogen-bond donors (Lipinski definition) is 0. The number of carbonyl (C=O) groups is 1. The van der Waals surface area contributed by atoms with Crippen LogP contribution in [0.1, 0.15) is 15.9 Å². The van der Waals surface area contributed by atoms with Crippen LogP contribution in [0.5, 0.6) is 0 Å². The molecular weight excluding hydrogens is 382 g/mol. The largest absolute Gasteiger partial charge is 0.288 e. The lowest BCUT2D eigenvalue weighted by molar-refractivity contribution is 0.103. The van der Waals surface area contributed by atoms with Gasteiger partial charge in [-0.2, -0.15) is 0 Å². The SMILES string of the molecule is O=C(c1ccc(Br)cc1Br)c1cncc2ccccc12. The minimum Gasteiger partial charge on any atom is -0.288 e. The maximum atomic E-state index is 12.7. The first-order valence-electron chi connectivity index (χ1n) is 5.99. The molecule has 3 aromatic rings. The third-order valence-electron chi connectivity index (χ3n) is 3.09. The summed E-state index contributed by atoms with van der Waals surface area (Å²) in [5, 5.41) is 1.88. The fourth-order valence-corrected chi connectivity index (χ4v) is 3.34. The Balaban J connectivity index is 2.18. The molecule has 0 aliphatic rings. The van der Waals surface area contributed by atoms with E-state index in [0.717, 1.165) is 19.7 Å². The average Bonchev–Trinajstić information content (AvgIpc) is 2.46. The van der Waals surface area contributed by atoms with Crippen molar-refractivity contribution in [1.29, 1.82) is 0 Å². The van der Waals surface area contributed by atoms with E-state index in [0.29, 0.717) is 11.1 Å². The third-order valence-corrected chi connectivity index (χ3v) is 4.24. The molecule has 0 fully saturated rings. The van der Waals surface area contributed by atoms with Gasteiger partial charge in [0.1, 0.15) is 0 Å². The van der Waals surface area contributed by atoms with Gasteiger partial charge in [-0.15, -0.1) is 0 Å². The Labute approximate surface area is 133 Å². The van der Waals surface area contributed by atoms with Crippen LogP contribution in [0.2, 0.25) is 0 Å². The number of pyridine rings is 1. The monoisotopic (exact) mass is 389 g/mol. The first-order valence-corrected chi connectivity index (χ1v) is 7.58. The summed E-state index contributed by atoms with van der Waals surface area (Å²) in [5.74, 6) is -0.0336. The number of halogens is 2. The number of fused-ring (bicyclic) bond motifs is 1. The summed E-state index contributed by atoms with van der Waals surface area (Å²) >= 11 is 6.83. The number of hydrogen-bond acceptors (Lipinski definition) is 2. The predicted octanol–water partition coefficient (Wildman–Crippen LogP) is 4.99. The van der Waals surface area contributed by atoms with Crippen molar-refractivity contribution in [2.24, 2.45) is 0 Å². The van der Waals surface area contributed by atoms with Crippen LogP contribution in [0.25, 0.3) is 10.8 Å². The molecule has 1 heterocycles. The minimum absolute atomic E-state index is 0.0336. The molecule has 0 atom stereocenters. The first kappa shape index (κ1) is 13.5. The van der Waals surface area contributed by atoms with Gasteiger partial charge in [-0.1, -0.05) is 40.2 Å². The average molecular weight is 391 g/mol. The number of carbonyl (C=O) groups excluding carboxylic acids is 1. The van der Waals surface area contributed by atoms with Crippen LogP contribution in [-0.4, -0.2) is 10.8 Å². The molecule has 0 spiro atoms. The van der Waals surface area contributed by atoms with Gasteiger partial charge in [0.25, 0.3) is 0 Å². The van der Waals surface area contributed by atoms with Crippen molar-refractivity contribution >= 4 is 48.4 Å². The lowest BCUT2D eigenvalue weighted by atomic mass is 10.00. The van der Waals surface area contributed by atoms with E-state index in [9.17, 15) is 4.79 Å². The summed E-state index contributed by atoms with van der Waals surface area (Å²) in [4.78, 5) is 16.9.